The number of nitrogens with zero attached hydrogens (tertiary/aromatic N) is 4. The molecule has 4 unspecified atom stereocenters. The third-order valence-electron chi connectivity index (χ3n) is 11.0. The Kier molecular flexibility index (Phi) is 16.8. The van der Waals surface area contributed by atoms with Crippen molar-refractivity contribution in [1.29, 1.82) is 0 Å². The van der Waals surface area contributed by atoms with E-state index in [2.05, 4.69) is 75.7 Å². The van der Waals surface area contributed by atoms with Gasteiger partial charge in [-0.3, -0.25) is 4.90 Å². The van der Waals surface area contributed by atoms with Crippen LogP contribution in [0.5, 0.6) is 17.2 Å². The van der Waals surface area contributed by atoms with Crippen LogP contribution in [0, 0.1) is 5.92 Å². The van der Waals surface area contributed by atoms with Gasteiger partial charge in [-0.1, -0.05) is 76.4 Å². The van der Waals surface area contributed by atoms with Crippen LogP contribution in [0.15, 0.2) is 60.7 Å². The van der Waals surface area contributed by atoms with Gasteiger partial charge in [0.2, 0.25) is 0 Å². The van der Waals surface area contributed by atoms with Gasteiger partial charge in [0, 0.05) is 55.2 Å². The van der Waals surface area contributed by atoms with Gasteiger partial charge in [0.15, 0.2) is 11.6 Å². The first-order valence-electron chi connectivity index (χ1n) is 21.0. The number of hydrogen-bond donors (Lipinski definition) is 1. The Morgan fingerprint density at radius 3 is 2.33 bits per heavy atom. The van der Waals surface area contributed by atoms with Crippen LogP contribution in [0.3, 0.4) is 0 Å². The van der Waals surface area contributed by atoms with Crippen LogP contribution >= 0.6 is 11.6 Å². The summed E-state index contributed by atoms with van der Waals surface area (Å²) in [5, 5.41) is 4.38. The molecule has 0 aliphatic carbocycles. The second-order valence-corrected chi connectivity index (χ2v) is 15.3. The molecule has 3 aromatic carbocycles. The first-order valence-corrected chi connectivity index (χ1v) is 21.3. The number of nitrogens with one attached hydrogen (secondary N) is 1. The lowest BCUT2D eigenvalue weighted by molar-refractivity contribution is 0.0594. The number of halogens is 1. The first kappa shape index (κ1) is 42.6. The number of unbranched alkanes of at least 4 members (excludes halogenated alkanes) is 1. The molecule has 0 amide bonds. The van der Waals surface area contributed by atoms with E-state index in [1.54, 1.807) is 0 Å². The maximum atomic E-state index is 7.02. The monoisotopic (exact) mass is 775 g/mol. The molecule has 0 radical (unpaired) electrons. The van der Waals surface area contributed by atoms with Crippen LogP contribution in [0.4, 0.5) is 0 Å². The molecule has 1 aliphatic rings. The van der Waals surface area contributed by atoms with E-state index >= 15 is 0 Å². The van der Waals surface area contributed by atoms with Crippen molar-refractivity contribution in [3.8, 4) is 28.6 Å². The van der Waals surface area contributed by atoms with Crippen molar-refractivity contribution in [3.63, 3.8) is 0 Å². The molecular weight excluding hydrogens is 710 g/mol. The third kappa shape index (κ3) is 11.8. The molecule has 0 spiro atoms. The number of likely N-dealkylation sites (tertiary alicyclic amines) is 1. The topological polar surface area (TPSA) is 73.2 Å². The number of para-hydroxylation sites is 1. The average molecular weight is 777 g/mol. The Morgan fingerprint density at radius 1 is 0.873 bits per heavy atom. The zero-order chi connectivity index (χ0) is 39.2. The molecule has 302 valence electrons. The Labute approximate surface area is 335 Å². The van der Waals surface area contributed by atoms with Crippen molar-refractivity contribution in [3.05, 3.63) is 71.2 Å². The molecule has 5 rings (SSSR count). The summed E-state index contributed by atoms with van der Waals surface area (Å²) in [5.74, 6) is 3.17. The summed E-state index contributed by atoms with van der Waals surface area (Å²) in [6.45, 7) is 22.5. The van der Waals surface area contributed by atoms with Crippen molar-refractivity contribution in [2.24, 2.45) is 5.92 Å². The molecule has 9 nitrogen and oxygen atoms in total. The summed E-state index contributed by atoms with van der Waals surface area (Å²) >= 11 is 6.20. The highest BCUT2D eigenvalue weighted by Crippen LogP contribution is 2.39. The van der Waals surface area contributed by atoms with E-state index in [0.717, 1.165) is 104 Å². The lowest BCUT2D eigenvalue weighted by Crippen LogP contribution is -2.41. The third-order valence-corrected chi connectivity index (χ3v) is 11.3. The molecule has 10 heteroatoms. The van der Waals surface area contributed by atoms with E-state index < -0.39 is 0 Å². The number of ether oxygens (including phenoxy) is 3. The molecule has 1 fully saturated rings. The second kappa shape index (κ2) is 21.7. The molecule has 1 N–H and O–H groups in total. The van der Waals surface area contributed by atoms with E-state index in [9.17, 15) is 0 Å². The van der Waals surface area contributed by atoms with Gasteiger partial charge in [-0.25, -0.2) is 4.98 Å². The van der Waals surface area contributed by atoms with Crippen molar-refractivity contribution < 1.29 is 19.0 Å². The molecule has 0 bridgehead atoms. The van der Waals surface area contributed by atoms with Crippen molar-refractivity contribution in [2.45, 2.75) is 112 Å². The maximum Gasteiger partial charge on any atom is 0.180 e. The molecule has 55 heavy (non-hydrogen) atoms. The van der Waals surface area contributed by atoms with E-state index in [1.807, 2.05) is 53.3 Å². The van der Waals surface area contributed by atoms with Gasteiger partial charge in [-0.05, 0) is 95.9 Å². The lowest BCUT2D eigenvalue weighted by atomic mass is 9.90. The Morgan fingerprint density at radius 2 is 1.62 bits per heavy atom. The molecule has 1 aromatic heterocycles. The standard InChI is InChI=1S/C45H66ClN5O4/c1-8-12-18-39(33(5)47-9-2)34(6)54-43-32-38(52-29-17-26-49(10-3)11-4)31-41-44(43)48-45(51(41)53-30-25-36-21-23-37(46)24-22-36)40-19-13-14-20-42(40)55-35(7)50-27-15-16-28-50/h13-14,19-24,31-35,39,47H,8-12,15-18,25-30H2,1-7H3. The predicted molar refractivity (Wildman–Crippen MR) is 227 cm³/mol. The highest BCUT2D eigenvalue weighted by Gasteiger charge is 2.28. The fourth-order valence-electron chi connectivity index (χ4n) is 7.71. The zero-order valence-electron chi connectivity index (χ0n) is 34.5. The molecule has 4 aromatic rings. The van der Waals surface area contributed by atoms with E-state index in [0.29, 0.717) is 43.2 Å². The number of fused-ring (bicyclic) bond motifs is 1. The van der Waals surface area contributed by atoms with Crippen LogP contribution in [0.25, 0.3) is 22.4 Å². The van der Waals surface area contributed by atoms with E-state index in [4.69, 9.17) is 35.6 Å². The Hall–Kier alpha value is -3.50. The van der Waals surface area contributed by atoms with E-state index in [1.165, 1.54) is 12.8 Å². The smallest absolute Gasteiger partial charge is 0.180 e. The number of rotatable bonds is 24. The number of benzene rings is 3. The zero-order valence-corrected chi connectivity index (χ0v) is 35.2. The normalized spacial score (nSPS) is 15.7. The summed E-state index contributed by atoms with van der Waals surface area (Å²) in [6, 6.07) is 20.5. The largest absolute Gasteiger partial charge is 0.493 e. The van der Waals surface area contributed by atoms with Gasteiger partial charge < -0.3 is 29.3 Å². The highest BCUT2D eigenvalue weighted by molar-refractivity contribution is 6.30. The van der Waals surface area contributed by atoms with Crippen LogP contribution in [0.2, 0.25) is 5.02 Å². The van der Waals surface area contributed by atoms with Crippen LogP contribution in [-0.2, 0) is 6.42 Å². The average Bonchev–Trinajstić information content (AvgIpc) is 3.86. The quantitative estimate of drug-likeness (QED) is 0.0707. The van der Waals surface area contributed by atoms with E-state index in [-0.39, 0.29) is 12.3 Å². The van der Waals surface area contributed by atoms with Gasteiger partial charge >= 0.3 is 0 Å². The van der Waals surface area contributed by atoms with Crippen molar-refractivity contribution >= 4 is 22.6 Å². The SMILES string of the molecule is CCCCC(C(C)NCC)C(C)Oc1cc(OCCCN(CC)CC)cc2c1nc(-c1ccccc1OC(C)N1CCCC1)n2OCCc1ccc(Cl)cc1. The minimum atomic E-state index is -0.0712. The Balaban J connectivity index is 1.58. The minimum Gasteiger partial charge on any atom is -0.493 e. The molecule has 2 heterocycles. The summed E-state index contributed by atoms with van der Waals surface area (Å²) in [7, 11) is 0. The first-order chi connectivity index (χ1) is 26.8. The Bertz CT molecular complexity index is 1720. The molecule has 1 saturated heterocycles. The lowest BCUT2D eigenvalue weighted by Gasteiger charge is -2.30. The minimum absolute atomic E-state index is 0.0674. The van der Waals surface area contributed by atoms with Crippen molar-refractivity contribution in [1.82, 2.24) is 24.8 Å². The predicted octanol–water partition coefficient (Wildman–Crippen LogP) is 9.53. The fraction of sp³-hybridized carbons (Fsp3) is 0.578. The van der Waals surface area contributed by atoms with Gasteiger partial charge in [0.1, 0.15) is 41.5 Å². The summed E-state index contributed by atoms with van der Waals surface area (Å²) in [5.41, 5.74) is 3.53. The van der Waals surface area contributed by atoms with Crippen LogP contribution in [-0.4, -0.2) is 90.4 Å². The number of aromatic nitrogens is 2. The molecular formula is C45H66ClN5O4. The van der Waals surface area contributed by atoms with Gasteiger partial charge in [-0.2, -0.15) is 4.73 Å². The number of imidazole rings is 1. The van der Waals surface area contributed by atoms with Crippen LogP contribution in [0.1, 0.15) is 92.6 Å². The van der Waals surface area contributed by atoms with Gasteiger partial charge in [-0.15, -0.1) is 0 Å². The number of hydrogen-bond acceptors (Lipinski definition) is 8. The van der Waals surface area contributed by atoms with Gasteiger partial charge in [0.05, 0.1) is 12.2 Å². The van der Waals surface area contributed by atoms with Crippen LogP contribution < -0.4 is 24.4 Å². The fourth-order valence-corrected chi connectivity index (χ4v) is 7.83. The molecule has 4 atom stereocenters. The summed E-state index contributed by atoms with van der Waals surface area (Å²) in [6.07, 6.45) is 7.23. The van der Waals surface area contributed by atoms with Crippen molar-refractivity contribution in [2.75, 3.05) is 52.5 Å². The maximum absolute atomic E-state index is 7.02. The molecule has 1 aliphatic heterocycles. The summed E-state index contributed by atoms with van der Waals surface area (Å²) in [4.78, 5) is 16.9. The highest BCUT2D eigenvalue weighted by atomic mass is 35.5. The summed E-state index contributed by atoms with van der Waals surface area (Å²) < 4.78 is 22.1. The second-order valence-electron chi connectivity index (χ2n) is 14.9. The van der Waals surface area contributed by atoms with Gasteiger partial charge in [0.25, 0.3) is 0 Å². The molecule has 0 saturated carbocycles.